The van der Waals surface area contributed by atoms with Crippen LogP contribution in [0.5, 0.6) is 0 Å². The number of nitrogens with zero attached hydrogens (tertiary/aromatic N) is 2. The van der Waals surface area contributed by atoms with Crippen LogP contribution in [0.2, 0.25) is 0 Å². The molecular weight excluding hydrogens is 837 g/mol. The van der Waals surface area contributed by atoms with Crippen LogP contribution in [0.15, 0.2) is 60.7 Å². The molecule has 0 aliphatic heterocycles. The number of ether oxygens (including phenoxy) is 4. The Hall–Kier alpha value is -5.80. The van der Waals surface area contributed by atoms with Crippen LogP contribution >= 0.6 is 0 Å². The number of esters is 4. The van der Waals surface area contributed by atoms with E-state index in [1.54, 1.807) is 0 Å². The summed E-state index contributed by atoms with van der Waals surface area (Å²) in [6.07, 6.45) is 1.89. The molecule has 0 bridgehead atoms. The molecule has 65 heavy (non-hydrogen) atoms. The normalized spacial score (nSPS) is 11.8. The van der Waals surface area contributed by atoms with Crippen LogP contribution in [-0.2, 0) is 70.5 Å². The van der Waals surface area contributed by atoms with Gasteiger partial charge in [0.05, 0.1) is 14.2 Å². The van der Waals surface area contributed by atoms with E-state index in [1.165, 1.54) is 24.0 Å². The highest BCUT2D eigenvalue weighted by Crippen LogP contribution is 2.20. The van der Waals surface area contributed by atoms with Crippen LogP contribution in [0.1, 0.15) is 122 Å². The second-order valence-electron chi connectivity index (χ2n) is 16.8. The number of benzene rings is 2. The third kappa shape index (κ3) is 23.6. The Morgan fingerprint density at radius 2 is 0.831 bits per heavy atom. The van der Waals surface area contributed by atoms with Gasteiger partial charge in [-0.25, -0.2) is 0 Å². The van der Waals surface area contributed by atoms with Crippen molar-refractivity contribution in [2.24, 2.45) is 11.8 Å². The molecule has 2 atom stereocenters. The van der Waals surface area contributed by atoms with E-state index >= 15 is 0 Å². The number of hydrogen-bond acceptors (Lipinski definition) is 12. The van der Waals surface area contributed by atoms with E-state index in [-0.39, 0.29) is 121 Å². The summed E-state index contributed by atoms with van der Waals surface area (Å²) in [7, 11) is 2.55. The van der Waals surface area contributed by atoms with Crippen molar-refractivity contribution in [3.05, 3.63) is 71.8 Å². The Balaban J connectivity index is 2.26. The molecule has 0 aromatic heterocycles. The Morgan fingerprint density at radius 1 is 0.477 bits per heavy atom. The molecule has 0 radical (unpaired) electrons. The number of methoxy groups -OCH3 is 2. The molecule has 0 aliphatic rings. The maximum atomic E-state index is 14.3. The van der Waals surface area contributed by atoms with Crippen molar-refractivity contribution in [1.29, 1.82) is 0 Å². The van der Waals surface area contributed by atoms with Crippen molar-refractivity contribution >= 4 is 47.5 Å². The average molecular weight is 909 g/mol. The molecule has 2 unspecified atom stereocenters. The molecule has 0 saturated heterocycles. The second kappa shape index (κ2) is 32.0. The van der Waals surface area contributed by atoms with E-state index in [0.29, 0.717) is 25.7 Å². The topological polar surface area (TPSA) is 204 Å². The quantitative estimate of drug-likeness (QED) is 0.0506. The van der Waals surface area contributed by atoms with Crippen molar-refractivity contribution in [3.63, 3.8) is 0 Å². The van der Waals surface area contributed by atoms with Gasteiger partial charge in [0.1, 0.15) is 25.3 Å². The first-order valence-corrected chi connectivity index (χ1v) is 22.8. The van der Waals surface area contributed by atoms with Gasteiger partial charge in [0, 0.05) is 64.7 Å². The molecule has 360 valence electrons. The standard InChI is InChI=1S/C49H72N4O12/c1-36(2)32-40(48(60)50-28-14-25-45(57)63-6)52(42(54)22-13-24-44(56)62-5)30-16-23-43(55)53(31-17-27-47(59)65-35-39-20-11-8-12-21-39)41(33-37(3)4)49(61)51-29-15-26-46(58)64-34-38-18-9-7-10-19-38/h7-12,18-21,36-37,40-41H,13-17,22-35H2,1-6H3,(H,50,60)(H,51,61). The third-order valence-electron chi connectivity index (χ3n) is 10.4. The molecule has 0 aliphatic carbocycles. The van der Waals surface area contributed by atoms with Gasteiger partial charge in [-0.15, -0.1) is 0 Å². The maximum absolute atomic E-state index is 14.3. The number of hydrogen-bond donors (Lipinski definition) is 2. The lowest BCUT2D eigenvalue weighted by molar-refractivity contribution is -0.147. The Kier molecular flexibility index (Phi) is 27.2. The van der Waals surface area contributed by atoms with Gasteiger partial charge >= 0.3 is 23.9 Å². The fourth-order valence-corrected chi connectivity index (χ4v) is 6.97. The number of amides is 4. The van der Waals surface area contributed by atoms with Gasteiger partial charge in [-0.2, -0.15) is 0 Å². The van der Waals surface area contributed by atoms with Crippen molar-refractivity contribution in [2.75, 3.05) is 40.4 Å². The van der Waals surface area contributed by atoms with Gasteiger partial charge in [0.15, 0.2) is 0 Å². The van der Waals surface area contributed by atoms with Gasteiger partial charge in [0.25, 0.3) is 0 Å². The molecule has 0 heterocycles. The summed E-state index contributed by atoms with van der Waals surface area (Å²) >= 11 is 0. The predicted octanol–water partition coefficient (Wildman–Crippen LogP) is 5.83. The average Bonchev–Trinajstić information content (AvgIpc) is 3.29. The van der Waals surface area contributed by atoms with Gasteiger partial charge < -0.3 is 39.4 Å². The number of rotatable bonds is 32. The molecule has 4 amide bonds. The van der Waals surface area contributed by atoms with Crippen molar-refractivity contribution < 1.29 is 57.3 Å². The van der Waals surface area contributed by atoms with E-state index in [9.17, 15) is 38.4 Å². The monoisotopic (exact) mass is 909 g/mol. The lowest BCUT2D eigenvalue weighted by Gasteiger charge is -2.34. The number of carbonyl (C=O) groups excluding carboxylic acids is 8. The summed E-state index contributed by atoms with van der Waals surface area (Å²) in [5.74, 6) is -3.30. The van der Waals surface area contributed by atoms with Gasteiger partial charge in [-0.3, -0.25) is 38.4 Å². The highest BCUT2D eigenvalue weighted by atomic mass is 16.5. The highest BCUT2D eigenvalue weighted by Gasteiger charge is 2.33. The lowest BCUT2D eigenvalue weighted by Crippen LogP contribution is -2.52. The van der Waals surface area contributed by atoms with Gasteiger partial charge in [-0.05, 0) is 67.9 Å². The minimum Gasteiger partial charge on any atom is -0.469 e. The molecule has 2 N–H and O–H groups in total. The highest BCUT2D eigenvalue weighted by molar-refractivity contribution is 5.89. The smallest absolute Gasteiger partial charge is 0.306 e. The minimum atomic E-state index is -0.909. The summed E-state index contributed by atoms with van der Waals surface area (Å²) in [4.78, 5) is 108. The number of nitrogens with one attached hydrogen (secondary N) is 2. The minimum absolute atomic E-state index is 0.00191. The fourth-order valence-electron chi connectivity index (χ4n) is 6.97. The van der Waals surface area contributed by atoms with Crippen LogP contribution < -0.4 is 10.6 Å². The van der Waals surface area contributed by atoms with E-state index in [1.807, 2.05) is 88.4 Å². The van der Waals surface area contributed by atoms with E-state index in [0.717, 1.165) is 11.1 Å². The number of carbonyl (C=O) groups is 8. The molecule has 2 rings (SSSR count). The van der Waals surface area contributed by atoms with Crippen molar-refractivity contribution in [1.82, 2.24) is 20.4 Å². The summed E-state index contributed by atoms with van der Waals surface area (Å²) < 4.78 is 20.3. The zero-order valence-corrected chi connectivity index (χ0v) is 39.3. The Morgan fingerprint density at radius 3 is 1.23 bits per heavy atom. The summed E-state index contributed by atoms with van der Waals surface area (Å²) in [6.45, 7) is 8.40. The second-order valence-corrected chi connectivity index (χ2v) is 16.8. The maximum Gasteiger partial charge on any atom is 0.306 e. The first-order chi connectivity index (χ1) is 31.1. The Bertz CT molecular complexity index is 1770. The van der Waals surface area contributed by atoms with Crippen LogP contribution in [0.25, 0.3) is 0 Å². The van der Waals surface area contributed by atoms with Gasteiger partial charge in [-0.1, -0.05) is 88.4 Å². The van der Waals surface area contributed by atoms with E-state index < -0.39 is 47.8 Å². The fraction of sp³-hybridized carbons (Fsp3) is 0.592. The molecule has 0 saturated carbocycles. The first kappa shape index (κ1) is 55.3. The zero-order valence-electron chi connectivity index (χ0n) is 39.3. The summed E-state index contributed by atoms with van der Waals surface area (Å²) in [5.41, 5.74) is 1.69. The zero-order chi connectivity index (χ0) is 48.0. The first-order valence-electron chi connectivity index (χ1n) is 22.8. The van der Waals surface area contributed by atoms with E-state index in [2.05, 4.69) is 10.6 Å². The molecule has 16 nitrogen and oxygen atoms in total. The van der Waals surface area contributed by atoms with Crippen molar-refractivity contribution in [3.8, 4) is 0 Å². The Labute approximate surface area is 384 Å². The van der Waals surface area contributed by atoms with Gasteiger partial charge in [0.2, 0.25) is 23.6 Å². The molecule has 0 spiro atoms. The van der Waals surface area contributed by atoms with Crippen LogP contribution in [0.4, 0.5) is 0 Å². The lowest BCUT2D eigenvalue weighted by atomic mass is 9.99. The largest absolute Gasteiger partial charge is 0.469 e. The van der Waals surface area contributed by atoms with E-state index in [4.69, 9.17) is 18.9 Å². The molecule has 0 fully saturated rings. The third-order valence-corrected chi connectivity index (χ3v) is 10.4. The molecule has 16 heteroatoms. The SMILES string of the molecule is COC(=O)CCCNC(=O)C(CC(C)C)N(CCCC(=O)N(CCCC(=O)OCc1ccccc1)C(CC(C)C)C(=O)NCCCC(=O)OCc1ccccc1)C(=O)CCCC(=O)OC. The summed E-state index contributed by atoms with van der Waals surface area (Å²) in [6, 6.07) is 16.7. The van der Waals surface area contributed by atoms with Crippen molar-refractivity contribution in [2.45, 2.75) is 136 Å². The van der Waals surface area contributed by atoms with Crippen LogP contribution in [0, 0.1) is 11.8 Å². The summed E-state index contributed by atoms with van der Waals surface area (Å²) in [5, 5.41) is 5.74. The predicted molar refractivity (Wildman–Crippen MR) is 243 cm³/mol. The molecular formula is C49H72N4O12. The van der Waals surface area contributed by atoms with Crippen LogP contribution in [0.3, 0.4) is 0 Å². The molecule has 2 aromatic rings. The van der Waals surface area contributed by atoms with Crippen LogP contribution in [-0.4, -0.2) is 110 Å². The molecule has 2 aromatic carbocycles.